The van der Waals surface area contributed by atoms with E-state index < -0.39 is 0 Å². The Morgan fingerprint density at radius 2 is 2.00 bits per heavy atom. The molecule has 136 valence electrons. The summed E-state index contributed by atoms with van der Waals surface area (Å²) in [7, 11) is 0. The largest absolute Gasteiger partial charge is 0.436 e. The molecule has 7 heteroatoms. The van der Waals surface area contributed by atoms with E-state index in [0.717, 1.165) is 13.1 Å². The highest BCUT2D eigenvalue weighted by molar-refractivity contribution is 5.94. The number of benzene rings is 2. The predicted molar refractivity (Wildman–Crippen MR) is 101 cm³/mol. The molecule has 1 unspecified atom stereocenters. The number of hydrogen-bond donors (Lipinski definition) is 2. The number of nitrogens with zero attached hydrogens (tertiary/aromatic N) is 1. The smallest absolute Gasteiger partial charge is 0.227 e. The highest BCUT2D eigenvalue weighted by atomic mass is 35.5. The molecule has 1 aliphatic heterocycles. The molecule has 26 heavy (non-hydrogen) atoms. The normalized spacial score (nSPS) is 15.2. The van der Waals surface area contributed by atoms with E-state index >= 15 is 0 Å². The molecule has 1 saturated heterocycles. The average Bonchev–Trinajstić information content (AvgIpc) is 2.97. The maximum Gasteiger partial charge on any atom is 0.227 e. The molecule has 1 atom stereocenters. The Bertz CT molecular complexity index is 922. The highest BCUT2D eigenvalue weighted by Gasteiger charge is 2.28. The summed E-state index contributed by atoms with van der Waals surface area (Å²) in [6.07, 6.45) is 0. The number of anilines is 1. The van der Waals surface area contributed by atoms with Crippen LogP contribution >= 0.6 is 12.4 Å². The fraction of sp³-hybridized carbons (Fsp3) is 0.263. The van der Waals surface area contributed by atoms with Crippen molar-refractivity contribution in [1.82, 2.24) is 10.3 Å². The third kappa shape index (κ3) is 3.57. The lowest BCUT2D eigenvalue weighted by atomic mass is 9.88. The van der Waals surface area contributed by atoms with Gasteiger partial charge in [-0.15, -0.1) is 12.4 Å². The fourth-order valence-electron chi connectivity index (χ4n) is 2.85. The van der Waals surface area contributed by atoms with Gasteiger partial charge in [0, 0.05) is 23.2 Å². The molecule has 4 rings (SSSR count). The van der Waals surface area contributed by atoms with Gasteiger partial charge in [-0.3, -0.25) is 4.79 Å². The SMILES string of the molecule is CC(C(=O)Nc1ccc2nc(-c3ccc(F)cc3)oc2c1)C1CNC1.Cl. The summed E-state index contributed by atoms with van der Waals surface area (Å²) in [6.45, 7) is 3.72. The van der Waals surface area contributed by atoms with Crippen LogP contribution in [0.3, 0.4) is 0 Å². The average molecular weight is 376 g/mol. The molecule has 2 heterocycles. The van der Waals surface area contributed by atoms with Crippen molar-refractivity contribution in [3.05, 3.63) is 48.3 Å². The minimum absolute atomic E-state index is 0. The maximum absolute atomic E-state index is 13.0. The van der Waals surface area contributed by atoms with Crippen LogP contribution in [-0.2, 0) is 4.79 Å². The quantitative estimate of drug-likeness (QED) is 0.726. The number of carbonyl (C=O) groups is 1. The Hall–Kier alpha value is -2.44. The van der Waals surface area contributed by atoms with Crippen molar-refractivity contribution in [1.29, 1.82) is 0 Å². The molecule has 2 aromatic carbocycles. The van der Waals surface area contributed by atoms with Crippen LogP contribution in [0.15, 0.2) is 46.9 Å². The lowest BCUT2D eigenvalue weighted by molar-refractivity contribution is -0.121. The minimum atomic E-state index is -0.305. The van der Waals surface area contributed by atoms with Crippen molar-refractivity contribution in [2.45, 2.75) is 6.92 Å². The zero-order valence-electron chi connectivity index (χ0n) is 14.2. The molecule has 0 saturated carbocycles. The van der Waals surface area contributed by atoms with Crippen molar-refractivity contribution in [2.24, 2.45) is 11.8 Å². The second kappa shape index (κ2) is 7.43. The second-order valence-electron chi connectivity index (χ2n) is 6.40. The number of carbonyl (C=O) groups excluding carboxylic acids is 1. The Balaban J connectivity index is 0.00000196. The van der Waals surface area contributed by atoms with E-state index in [2.05, 4.69) is 15.6 Å². The van der Waals surface area contributed by atoms with Crippen LogP contribution in [0.1, 0.15) is 6.92 Å². The van der Waals surface area contributed by atoms with Crippen molar-refractivity contribution in [2.75, 3.05) is 18.4 Å². The molecule has 1 aromatic heterocycles. The molecule has 0 spiro atoms. The highest BCUT2D eigenvalue weighted by Crippen LogP contribution is 2.27. The molecule has 1 fully saturated rings. The standard InChI is InChI=1S/C19H18FN3O2.ClH/c1-11(13-9-21-10-13)18(24)22-15-6-7-16-17(8-15)25-19(23-16)12-2-4-14(20)5-3-12;/h2-8,11,13,21H,9-10H2,1H3,(H,22,24);1H. The Morgan fingerprint density at radius 3 is 2.65 bits per heavy atom. The predicted octanol–water partition coefficient (Wildman–Crippen LogP) is 3.85. The number of oxazole rings is 1. The Labute approximate surface area is 156 Å². The van der Waals surface area contributed by atoms with Crippen molar-refractivity contribution < 1.29 is 13.6 Å². The zero-order valence-corrected chi connectivity index (χ0v) is 15.0. The first-order valence-electron chi connectivity index (χ1n) is 8.28. The van der Waals surface area contributed by atoms with Gasteiger partial charge in [-0.05, 0) is 55.4 Å². The molecule has 1 amide bonds. The minimum Gasteiger partial charge on any atom is -0.436 e. The summed E-state index contributed by atoms with van der Waals surface area (Å²) < 4.78 is 18.8. The second-order valence-corrected chi connectivity index (χ2v) is 6.40. The Morgan fingerprint density at radius 1 is 1.27 bits per heavy atom. The van der Waals surface area contributed by atoms with Gasteiger partial charge in [-0.2, -0.15) is 0 Å². The van der Waals surface area contributed by atoms with Gasteiger partial charge in [0.15, 0.2) is 5.58 Å². The van der Waals surface area contributed by atoms with Crippen LogP contribution in [0.4, 0.5) is 10.1 Å². The maximum atomic E-state index is 13.0. The van der Waals surface area contributed by atoms with E-state index in [0.29, 0.717) is 34.2 Å². The number of halogens is 2. The van der Waals surface area contributed by atoms with Crippen LogP contribution < -0.4 is 10.6 Å². The van der Waals surface area contributed by atoms with Crippen LogP contribution in [0.25, 0.3) is 22.6 Å². The lowest BCUT2D eigenvalue weighted by Gasteiger charge is -2.31. The summed E-state index contributed by atoms with van der Waals surface area (Å²) >= 11 is 0. The van der Waals surface area contributed by atoms with Gasteiger partial charge in [0.1, 0.15) is 11.3 Å². The molecular weight excluding hydrogens is 357 g/mol. The van der Waals surface area contributed by atoms with E-state index in [4.69, 9.17) is 4.42 Å². The number of aromatic nitrogens is 1. The van der Waals surface area contributed by atoms with Gasteiger partial charge in [-0.25, -0.2) is 9.37 Å². The molecular formula is C19H19ClFN3O2. The number of amides is 1. The number of nitrogens with one attached hydrogen (secondary N) is 2. The lowest BCUT2D eigenvalue weighted by Crippen LogP contribution is -2.48. The zero-order chi connectivity index (χ0) is 17.4. The first kappa shape index (κ1) is 18.4. The van der Waals surface area contributed by atoms with Gasteiger partial charge < -0.3 is 15.1 Å². The van der Waals surface area contributed by atoms with Gasteiger partial charge in [0.2, 0.25) is 11.8 Å². The summed E-state index contributed by atoms with van der Waals surface area (Å²) in [5.74, 6) is 0.470. The van der Waals surface area contributed by atoms with Crippen LogP contribution in [-0.4, -0.2) is 24.0 Å². The molecule has 1 aliphatic rings. The molecule has 0 radical (unpaired) electrons. The molecule has 0 bridgehead atoms. The topological polar surface area (TPSA) is 67.2 Å². The van der Waals surface area contributed by atoms with Gasteiger partial charge >= 0.3 is 0 Å². The van der Waals surface area contributed by atoms with E-state index in [-0.39, 0.29) is 30.0 Å². The van der Waals surface area contributed by atoms with Crippen molar-refractivity contribution in [3.8, 4) is 11.5 Å². The van der Waals surface area contributed by atoms with Crippen molar-refractivity contribution >= 4 is 35.1 Å². The summed E-state index contributed by atoms with van der Waals surface area (Å²) in [6, 6.07) is 11.4. The first-order chi connectivity index (χ1) is 12.1. The van der Waals surface area contributed by atoms with E-state index in [1.54, 1.807) is 24.3 Å². The van der Waals surface area contributed by atoms with E-state index in [9.17, 15) is 9.18 Å². The number of fused-ring (bicyclic) bond motifs is 1. The molecule has 0 aliphatic carbocycles. The molecule has 2 N–H and O–H groups in total. The van der Waals surface area contributed by atoms with E-state index in [1.165, 1.54) is 12.1 Å². The van der Waals surface area contributed by atoms with Gasteiger partial charge in [0.25, 0.3) is 0 Å². The third-order valence-electron chi connectivity index (χ3n) is 4.68. The Kier molecular flexibility index (Phi) is 5.25. The fourth-order valence-corrected chi connectivity index (χ4v) is 2.85. The van der Waals surface area contributed by atoms with Crippen molar-refractivity contribution in [3.63, 3.8) is 0 Å². The first-order valence-corrected chi connectivity index (χ1v) is 8.28. The van der Waals surface area contributed by atoms with E-state index in [1.807, 2.05) is 13.0 Å². The summed E-state index contributed by atoms with van der Waals surface area (Å²) in [5.41, 5.74) is 2.65. The van der Waals surface area contributed by atoms with Crippen LogP contribution in [0.2, 0.25) is 0 Å². The number of hydrogen-bond acceptors (Lipinski definition) is 4. The molecule has 3 aromatic rings. The van der Waals surface area contributed by atoms with Crippen LogP contribution in [0, 0.1) is 17.7 Å². The summed E-state index contributed by atoms with van der Waals surface area (Å²) in [5, 5.41) is 6.12. The molecule has 5 nitrogen and oxygen atoms in total. The summed E-state index contributed by atoms with van der Waals surface area (Å²) in [4.78, 5) is 16.7. The monoisotopic (exact) mass is 375 g/mol. The van der Waals surface area contributed by atoms with Gasteiger partial charge in [-0.1, -0.05) is 6.92 Å². The van der Waals surface area contributed by atoms with Gasteiger partial charge in [0.05, 0.1) is 0 Å². The number of rotatable bonds is 4. The van der Waals surface area contributed by atoms with Crippen LogP contribution in [0.5, 0.6) is 0 Å². The third-order valence-corrected chi connectivity index (χ3v) is 4.68.